The van der Waals surface area contributed by atoms with Crippen LogP contribution in [0.25, 0.3) is 0 Å². The lowest BCUT2D eigenvalue weighted by Crippen LogP contribution is -2.34. The third-order valence-corrected chi connectivity index (χ3v) is 4.14. The molecule has 1 fully saturated rings. The van der Waals surface area contributed by atoms with Gasteiger partial charge in [0.1, 0.15) is 5.75 Å². The molecule has 106 valence electrons. The molecule has 1 aliphatic heterocycles. The van der Waals surface area contributed by atoms with E-state index in [0.29, 0.717) is 5.75 Å². The minimum absolute atomic E-state index is 0.433. The van der Waals surface area contributed by atoms with Crippen molar-refractivity contribution in [2.24, 2.45) is 5.92 Å². The second kappa shape index (κ2) is 6.92. The number of rotatable bonds is 5. The summed E-state index contributed by atoms with van der Waals surface area (Å²) in [6.07, 6.45) is 3.86. The summed E-state index contributed by atoms with van der Waals surface area (Å²) in [7, 11) is 2.02. The zero-order chi connectivity index (χ0) is 13.7. The Morgan fingerprint density at radius 3 is 2.74 bits per heavy atom. The molecule has 1 aromatic rings. The number of aryl methyl sites for hydroxylation is 1. The maximum atomic E-state index is 9.90. The minimum atomic E-state index is 0.433. The first-order valence-corrected chi connectivity index (χ1v) is 7.34. The van der Waals surface area contributed by atoms with Crippen LogP contribution in [-0.4, -0.2) is 36.7 Å². The summed E-state index contributed by atoms with van der Waals surface area (Å²) in [6.45, 7) is 6.39. The van der Waals surface area contributed by atoms with Crippen molar-refractivity contribution >= 4 is 0 Å². The largest absolute Gasteiger partial charge is 0.508 e. The van der Waals surface area contributed by atoms with Gasteiger partial charge in [0.25, 0.3) is 0 Å². The quantitative estimate of drug-likeness (QED) is 0.856. The molecule has 19 heavy (non-hydrogen) atoms. The van der Waals surface area contributed by atoms with Crippen molar-refractivity contribution in [2.45, 2.75) is 32.7 Å². The van der Waals surface area contributed by atoms with Gasteiger partial charge in [0.15, 0.2) is 0 Å². The van der Waals surface area contributed by atoms with Crippen molar-refractivity contribution < 1.29 is 5.11 Å². The summed E-state index contributed by atoms with van der Waals surface area (Å²) in [5.74, 6) is 1.30. The SMILES string of the molecule is CNCCC1CCN(Cc2cc(C)ccc2O)CC1. The van der Waals surface area contributed by atoms with E-state index in [1.54, 1.807) is 0 Å². The Balaban J connectivity index is 1.83. The summed E-state index contributed by atoms with van der Waals surface area (Å²) in [6, 6.07) is 5.87. The van der Waals surface area contributed by atoms with Gasteiger partial charge in [-0.3, -0.25) is 4.90 Å². The first kappa shape index (κ1) is 14.4. The fourth-order valence-corrected chi connectivity index (χ4v) is 2.86. The number of aromatic hydroxyl groups is 1. The Kier molecular flexibility index (Phi) is 5.23. The lowest BCUT2D eigenvalue weighted by Gasteiger charge is -2.32. The molecule has 3 nitrogen and oxygen atoms in total. The Labute approximate surface area is 116 Å². The molecule has 0 unspecified atom stereocenters. The number of phenols is 1. The second-order valence-corrected chi connectivity index (χ2v) is 5.74. The first-order chi connectivity index (χ1) is 9.19. The molecule has 0 aromatic heterocycles. The molecule has 0 atom stereocenters. The standard InChI is InChI=1S/C16H26N2O/c1-13-3-4-16(19)15(11-13)12-18-9-6-14(7-10-18)5-8-17-2/h3-4,11,14,17,19H,5-10,12H2,1-2H3. The van der Waals surface area contributed by atoms with Crippen LogP contribution in [0.5, 0.6) is 5.75 Å². The predicted molar refractivity (Wildman–Crippen MR) is 79.4 cm³/mol. The average Bonchev–Trinajstić information content (AvgIpc) is 2.42. The van der Waals surface area contributed by atoms with Crippen molar-refractivity contribution in [3.8, 4) is 5.75 Å². The number of nitrogens with one attached hydrogen (secondary N) is 1. The zero-order valence-corrected chi connectivity index (χ0v) is 12.2. The van der Waals surface area contributed by atoms with Crippen molar-refractivity contribution in [2.75, 3.05) is 26.7 Å². The highest BCUT2D eigenvalue weighted by Crippen LogP contribution is 2.24. The van der Waals surface area contributed by atoms with Crippen LogP contribution in [-0.2, 0) is 6.54 Å². The van der Waals surface area contributed by atoms with E-state index in [4.69, 9.17) is 0 Å². The Morgan fingerprint density at radius 1 is 1.32 bits per heavy atom. The monoisotopic (exact) mass is 262 g/mol. The van der Waals surface area contributed by atoms with Gasteiger partial charge in [-0.25, -0.2) is 0 Å². The molecule has 0 saturated carbocycles. The van der Waals surface area contributed by atoms with Gasteiger partial charge in [0, 0.05) is 12.1 Å². The van der Waals surface area contributed by atoms with Crippen LogP contribution in [0.2, 0.25) is 0 Å². The lowest BCUT2D eigenvalue weighted by molar-refractivity contribution is 0.171. The van der Waals surface area contributed by atoms with Crippen molar-refractivity contribution in [1.82, 2.24) is 10.2 Å². The molecule has 0 aliphatic carbocycles. The van der Waals surface area contributed by atoms with E-state index in [-0.39, 0.29) is 0 Å². The van der Waals surface area contributed by atoms with Crippen LogP contribution in [0, 0.1) is 12.8 Å². The third-order valence-electron chi connectivity index (χ3n) is 4.14. The third kappa shape index (κ3) is 4.22. The predicted octanol–water partition coefficient (Wildman–Crippen LogP) is 2.52. The average molecular weight is 262 g/mol. The van der Waals surface area contributed by atoms with Gasteiger partial charge in [-0.2, -0.15) is 0 Å². The Hall–Kier alpha value is -1.06. The molecule has 0 radical (unpaired) electrons. The molecule has 1 heterocycles. The Morgan fingerprint density at radius 2 is 2.05 bits per heavy atom. The molecule has 1 aromatic carbocycles. The van der Waals surface area contributed by atoms with Gasteiger partial charge in [0.05, 0.1) is 0 Å². The minimum Gasteiger partial charge on any atom is -0.508 e. The molecular weight excluding hydrogens is 236 g/mol. The van der Waals surface area contributed by atoms with Crippen LogP contribution in [0.3, 0.4) is 0 Å². The highest BCUT2D eigenvalue weighted by Gasteiger charge is 2.19. The molecule has 2 N–H and O–H groups in total. The second-order valence-electron chi connectivity index (χ2n) is 5.74. The summed E-state index contributed by atoms with van der Waals surface area (Å²) in [4.78, 5) is 2.46. The van der Waals surface area contributed by atoms with Gasteiger partial charge in [-0.05, 0) is 64.9 Å². The van der Waals surface area contributed by atoms with Crippen LogP contribution in [0.15, 0.2) is 18.2 Å². The summed E-state index contributed by atoms with van der Waals surface area (Å²) in [5.41, 5.74) is 2.28. The van der Waals surface area contributed by atoms with Gasteiger partial charge >= 0.3 is 0 Å². The van der Waals surface area contributed by atoms with E-state index in [1.165, 1.54) is 24.8 Å². The van der Waals surface area contributed by atoms with Crippen molar-refractivity contribution in [3.63, 3.8) is 0 Å². The number of likely N-dealkylation sites (tertiary alicyclic amines) is 1. The zero-order valence-electron chi connectivity index (χ0n) is 12.2. The van der Waals surface area contributed by atoms with E-state index in [1.807, 2.05) is 19.2 Å². The number of nitrogens with zero attached hydrogens (tertiary/aromatic N) is 1. The fraction of sp³-hybridized carbons (Fsp3) is 0.625. The van der Waals surface area contributed by atoms with E-state index in [2.05, 4.69) is 23.2 Å². The van der Waals surface area contributed by atoms with E-state index in [0.717, 1.165) is 37.7 Å². The highest BCUT2D eigenvalue weighted by atomic mass is 16.3. The first-order valence-electron chi connectivity index (χ1n) is 7.34. The van der Waals surface area contributed by atoms with Gasteiger partial charge in [-0.1, -0.05) is 17.7 Å². The lowest BCUT2D eigenvalue weighted by atomic mass is 9.93. The van der Waals surface area contributed by atoms with E-state index < -0.39 is 0 Å². The Bertz CT molecular complexity index is 398. The molecule has 0 spiro atoms. The van der Waals surface area contributed by atoms with Crippen LogP contribution in [0.4, 0.5) is 0 Å². The maximum Gasteiger partial charge on any atom is 0.120 e. The molecule has 1 saturated heterocycles. The smallest absolute Gasteiger partial charge is 0.120 e. The number of hydrogen-bond donors (Lipinski definition) is 2. The number of piperidine rings is 1. The molecule has 2 rings (SSSR count). The number of benzene rings is 1. The van der Waals surface area contributed by atoms with Crippen molar-refractivity contribution in [3.05, 3.63) is 29.3 Å². The van der Waals surface area contributed by atoms with Gasteiger partial charge < -0.3 is 10.4 Å². The van der Waals surface area contributed by atoms with E-state index >= 15 is 0 Å². The summed E-state index contributed by atoms with van der Waals surface area (Å²) >= 11 is 0. The van der Waals surface area contributed by atoms with Gasteiger partial charge in [-0.15, -0.1) is 0 Å². The molecule has 0 amide bonds. The molecule has 3 heteroatoms. The van der Waals surface area contributed by atoms with Crippen LogP contribution in [0.1, 0.15) is 30.4 Å². The summed E-state index contributed by atoms with van der Waals surface area (Å²) < 4.78 is 0. The normalized spacial score (nSPS) is 17.8. The number of hydrogen-bond acceptors (Lipinski definition) is 3. The van der Waals surface area contributed by atoms with Gasteiger partial charge in [0.2, 0.25) is 0 Å². The fourth-order valence-electron chi connectivity index (χ4n) is 2.86. The molecule has 1 aliphatic rings. The molecule has 0 bridgehead atoms. The summed E-state index contributed by atoms with van der Waals surface area (Å²) in [5, 5.41) is 13.1. The van der Waals surface area contributed by atoms with Crippen LogP contribution >= 0.6 is 0 Å². The molecular formula is C16H26N2O. The number of phenolic OH excluding ortho intramolecular Hbond substituents is 1. The van der Waals surface area contributed by atoms with E-state index in [9.17, 15) is 5.11 Å². The topological polar surface area (TPSA) is 35.5 Å². The van der Waals surface area contributed by atoms with Crippen LogP contribution < -0.4 is 5.32 Å². The highest BCUT2D eigenvalue weighted by molar-refractivity contribution is 5.35. The van der Waals surface area contributed by atoms with Crippen molar-refractivity contribution in [1.29, 1.82) is 0 Å². The maximum absolute atomic E-state index is 9.90.